The van der Waals surface area contributed by atoms with Crippen LogP contribution in [0.1, 0.15) is 115 Å². The molecule has 0 aromatic heterocycles. The molecule has 14 heteroatoms. The van der Waals surface area contributed by atoms with Crippen molar-refractivity contribution in [2.45, 2.75) is 115 Å². The van der Waals surface area contributed by atoms with E-state index in [1.807, 2.05) is 0 Å². The van der Waals surface area contributed by atoms with Gasteiger partial charge in [-0.2, -0.15) is 0 Å². The van der Waals surface area contributed by atoms with Crippen molar-refractivity contribution in [3.05, 3.63) is 0 Å². The van der Waals surface area contributed by atoms with E-state index in [0.717, 1.165) is 7.11 Å². The lowest BCUT2D eigenvalue weighted by Crippen LogP contribution is -2.16. The van der Waals surface area contributed by atoms with E-state index in [9.17, 15) is 24.0 Å². The molecule has 0 atom stereocenters. The first kappa shape index (κ1) is 110. The van der Waals surface area contributed by atoms with E-state index in [1.165, 1.54) is 6.92 Å². The minimum Gasteiger partial charge on any atom is -0.481 e. The number of carboxylic acid groups (broad SMARTS) is 2. The number of carboxylic acids is 2. The SMILES string of the molecule is C.C.C.C.C.C.C.C.C.C.C.C.CC(=O)CC(=O)OCOC(=O)CC(=O)O.CO.O=C(O)CCOO.OCO. The average Bonchev–Trinajstić information content (AvgIpc) is 2.54. The van der Waals surface area contributed by atoms with Gasteiger partial charge < -0.3 is 35.0 Å². The number of aliphatic hydroxyl groups excluding tert-OH is 2. The van der Waals surface area contributed by atoms with E-state index < -0.39 is 50.3 Å². The van der Waals surface area contributed by atoms with Gasteiger partial charge in [-0.1, -0.05) is 89.1 Å². The maximum absolute atomic E-state index is 10.7. The van der Waals surface area contributed by atoms with Crippen molar-refractivity contribution in [3.63, 3.8) is 0 Å². The second kappa shape index (κ2) is 91.5. The highest BCUT2D eigenvalue weighted by Gasteiger charge is 2.10. The van der Waals surface area contributed by atoms with Gasteiger partial charge >= 0.3 is 23.9 Å². The van der Waals surface area contributed by atoms with Gasteiger partial charge in [0.25, 0.3) is 0 Å². The van der Waals surface area contributed by atoms with Crippen molar-refractivity contribution in [1.82, 2.24) is 0 Å². The van der Waals surface area contributed by atoms with Crippen molar-refractivity contribution in [2.75, 3.05) is 27.3 Å². The first-order valence-corrected chi connectivity index (χ1v) is 6.77. The van der Waals surface area contributed by atoms with Crippen molar-refractivity contribution >= 4 is 29.7 Å². The lowest BCUT2D eigenvalue weighted by Gasteiger charge is -2.03. The fraction of sp³-hybridized carbons (Fsp3) is 0.800. The first-order chi connectivity index (χ1) is 12.6. The van der Waals surface area contributed by atoms with Gasteiger partial charge in [-0.05, 0) is 6.92 Å². The summed E-state index contributed by atoms with van der Waals surface area (Å²) in [7, 11) is 1.00. The Labute approximate surface area is 241 Å². The summed E-state index contributed by atoms with van der Waals surface area (Å²) in [6.45, 7) is -0.370. The summed E-state index contributed by atoms with van der Waals surface area (Å²) in [5.41, 5.74) is 0. The number of ketones is 1. The zero-order valence-electron chi connectivity index (χ0n) is 14.7. The van der Waals surface area contributed by atoms with Crippen LogP contribution in [0.2, 0.25) is 0 Å². The van der Waals surface area contributed by atoms with Gasteiger partial charge in [0.05, 0.1) is 13.0 Å². The molecule has 0 amide bonds. The van der Waals surface area contributed by atoms with E-state index in [2.05, 4.69) is 14.4 Å². The average molecular weight is 597 g/mol. The molecule has 39 heavy (non-hydrogen) atoms. The largest absolute Gasteiger partial charge is 0.481 e. The number of aliphatic hydroxyl groups is 3. The zero-order chi connectivity index (χ0) is 22.3. The zero-order valence-corrected chi connectivity index (χ0v) is 14.7. The van der Waals surface area contributed by atoms with Gasteiger partial charge in [-0.25, -0.2) is 4.89 Å². The number of hydrogen-bond donors (Lipinski definition) is 6. The summed E-state index contributed by atoms with van der Waals surface area (Å²) >= 11 is 0. The predicted molar refractivity (Wildman–Crippen MR) is 164 cm³/mol. The van der Waals surface area contributed by atoms with Crippen molar-refractivity contribution in [3.8, 4) is 0 Å². The molecule has 0 rings (SSSR count). The number of carbonyl (C=O) groups excluding carboxylic acids is 3. The van der Waals surface area contributed by atoms with E-state index in [1.54, 1.807) is 0 Å². The van der Waals surface area contributed by atoms with E-state index >= 15 is 0 Å². The third kappa shape index (κ3) is 167. The van der Waals surface area contributed by atoms with Gasteiger partial charge in [0.1, 0.15) is 25.4 Å². The normalized spacial score (nSPS) is 5.69. The number of ether oxygens (including phenoxy) is 2. The third-order valence-electron chi connectivity index (χ3n) is 1.54. The molecule has 0 aliphatic rings. The summed E-state index contributed by atoms with van der Waals surface area (Å²) in [5.74, 6) is -4.54. The Bertz CT molecular complexity index is 401. The van der Waals surface area contributed by atoms with Crippen LogP contribution >= 0.6 is 0 Å². The number of hydrogen-bond acceptors (Lipinski definition) is 12. The molecule has 0 spiro atoms. The van der Waals surface area contributed by atoms with Crippen molar-refractivity contribution in [2.24, 2.45) is 0 Å². The Morgan fingerprint density at radius 1 is 0.590 bits per heavy atom. The predicted octanol–water partition coefficient (Wildman–Crippen LogP) is 5.61. The number of aliphatic carboxylic acids is 2. The summed E-state index contributed by atoms with van der Waals surface area (Å²) in [6.07, 6.45) is -1.36. The number of carbonyl (C=O) groups is 5. The van der Waals surface area contributed by atoms with Crippen LogP contribution in [0, 0.1) is 0 Å². The maximum atomic E-state index is 10.7. The monoisotopic (exact) mass is 596 g/mol. The Morgan fingerprint density at radius 2 is 0.872 bits per heavy atom. The van der Waals surface area contributed by atoms with E-state index in [4.69, 9.17) is 30.8 Å². The molecule has 0 aliphatic carbocycles. The minimum atomic E-state index is -1.34. The molecule has 0 aromatic rings. The molecule has 256 valence electrons. The molecule has 0 aromatic carbocycles. The molecule has 0 fully saturated rings. The van der Waals surface area contributed by atoms with E-state index in [-0.39, 0.29) is 108 Å². The van der Waals surface area contributed by atoms with Gasteiger partial charge in [0.2, 0.25) is 6.79 Å². The summed E-state index contributed by atoms with van der Waals surface area (Å²) < 4.78 is 8.54. The molecular weight excluding hydrogens is 524 g/mol. The lowest BCUT2D eigenvalue weighted by molar-refractivity contribution is -0.243. The van der Waals surface area contributed by atoms with Crippen LogP contribution in [0.25, 0.3) is 0 Å². The van der Waals surface area contributed by atoms with Crippen molar-refractivity contribution < 1.29 is 69.1 Å². The standard InChI is InChI=1S/C8H10O7.C3H6O4.CH4O2.CH4O.12CH4/c1-5(9)2-7(12)14-4-15-8(13)3-6(10)11;4-3(5)1-2-7-6;2-1-3;1-2;;;;;;;;;;;;/h2-4H2,1H3,(H,10,11);6H,1-2H2,(H,4,5);2-3H,1H2;2H,1H3;12*1H4. The molecule has 0 radical (unpaired) electrons. The second-order valence-corrected chi connectivity index (χ2v) is 3.72. The van der Waals surface area contributed by atoms with Gasteiger partial charge in [0, 0.05) is 7.11 Å². The fourth-order valence-electron chi connectivity index (χ4n) is 0.723. The smallest absolute Gasteiger partial charge is 0.320 e. The Morgan fingerprint density at radius 3 is 1.05 bits per heavy atom. The Kier molecular flexibility index (Phi) is 257. The minimum absolute atomic E-state index is 0. The first-order valence-electron chi connectivity index (χ1n) is 6.77. The topological polar surface area (TPSA) is 234 Å². The quantitative estimate of drug-likeness (QED) is 0.0624. The van der Waals surface area contributed by atoms with Gasteiger partial charge in [0.15, 0.2) is 0 Å². The fourth-order valence-corrected chi connectivity index (χ4v) is 0.723. The van der Waals surface area contributed by atoms with Gasteiger partial charge in [-0.15, -0.1) is 0 Å². The highest BCUT2D eigenvalue weighted by atomic mass is 17.1. The maximum Gasteiger partial charge on any atom is 0.320 e. The molecule has 0 saturated heterocycles. The van der Waals surface area contributed by atoms with Crippen LogP contribution in [-0.4, -0.2) is 87.8 Å². The molecule has 0 heterocycles. The van der Waals surface area contributed by atoms with Gasteiger partial charge in [-0.3, -0.25) is 29.2 Å². The second-order valence-electron chi connectivity index (χ2n) is 3.72. The lowest BCUT2D eigenvalue weighted by atomic mass is 10.3. The molecule has 0 aliphatic heterocycles. The van der Waals surface area contributed by atoms with Crippen LogP contribution in [0.4, 0.5) is 0 Å². The number of esters is 2. The third-order valence-corrected chi connectivity index (χ3v) is 1.54. The Hall–Kier alpha value is -2.65. The van der Waals surface area contributed by atoms with Crippen LogP contribution in [0.3, 0.4) is 0 Å². The summed E-state index contributed by atoms with van der Waals surface area (Å²) in [5, 5.41) is 44.8. The highest BCUT2D eigenvalue weighted by molar-refractivity contribution is 5.94. The summed E-state index contributed by atoms with van der Waals surface area (Å²) in [4.78, 5) is 54.8. The van der Waals surface area contributed by atoms with Crippen LogP contribution in [-0.2, 0) is 38.3 Å². The molecule has 14 nitrogen and oxygen atoms in total. The van der Waals surface area contributed by atoms with E-state index in [0.29, 0.717) is 0 Å². The Balaban J connectivity index is -0.0000000140. The molecule has 6 N–H and O–H groups in total. The highest BCUT2D eigenvalue weighted by Crippen LogP contribution is 1.91. The van der Waals surface area contributed by atoms with Crippen LogP contribution in [0.5, 0.6) is 0 Å². The number of Topliss-reactive ketones (excluding diaryl/α,β-unsaturated/α-hetero) is 1. The molecule has 0 saturated carbocycles. The van der Waals surface area contributed by atoms with Crippen LogP contribution in [0.15, 0.2) is 0 Å². The summed E-state index contributed by atoms with van der Waals surface area (Å²) in [6, 6.07) is 0. The van der Waals surface area contributed by atoms with Crippen molar-refractivity contribution in [1.29, 1.82) is 0 Å². The molecular formula is C25H72O14. The molecule has 0 bridgehead atoms. The number of rotatable bonds is 9. The molecule has 0 unspecified atom stereocenters. The van der Waals surface area contributed by atoms with Crippen LogP contribution < -0.4 is 0 Å².